The Morgan fingerprint density at radius 1 is 1.53 bits per heavy atom. The molecule has 0 aromatic rings. The summed E-state index contributed by atoms with van der Waals surface area (Å²) < 4.78 is 4.98. The first-order valence-corrected chi connectivity index (χ1v) is 5.05. The number of hydrogen-bond acceptors (Lipinski definition) is 3. The number of ether oxygens (including phenoxy) is 1. The van der Waals surface area contributed by atoms with Crippen LogP contribution in [-0.4, -0.2) is 43.7 Å². The number of nitrogens with two attached hydrogens (primary N) is 1. The summed E-state index contributed by atoms with van der Waals surface area (Å²) in [5, 5.41) is 0. The first kappa shape index (κ1) is 17.1. The maximum atomic E-state index is 11.7. The van der Waals surface area contributed by atoms with E-state index in [9.17, 15) is 4.79 Å². The molecule has 0 fully saturated rings. The van der Waals surface area contributed by atoms with Gasteiger partial charge in [-0.05, 0) is 13.3 Å². The molecule has 1 amide bonds. The molecule has 4 nitrogen and oxygen atoms in total. The molecule has 0 radical (unpaired) electrons. The van der Waals surface area contributed by atoms with Crippen LogP contribution in [-0.2, 0) is 9.53 Å². The lowest BCUT2D eigenvalue weighted by Crippen LogP contribution is -2.46. The van der Waals surface area contributed by atoms with Crippen molar-refractivity contribution in [3.05, 3.63) is 0 Å². The summed E-state index contributed by atoms with van der Waals surface area (Å²) in [5.41, 5.74) is 5.73. The van der Waals surface area contributed by atoms with E-state index in [0.717, 1.165) is 12.8 Å². The van der Waals surface area contributed by atoms with Gasteiger partial charge in [0, 0.05) is 14.2 Å². The van der Waals surface area contributed by atoms with Gasteiger partial charge < -0.3 is 15.4 Å². The van der Waals surface area contributed by atoms with E-state index in [1.807, 2.05) is 13.8 Å². The van der Waals surface area contributed by atoms with Crippen molar-refractivity contribution < 1.29 is 9.53 Å². The predicted octanol–water partition coefficient (Wildman–Crippen LogP) is 1.03. The van der Waals surface area contributed by atoms with Crippen LogP contribution >= 0.6 is 12.4 Å². The number of carbonyl (C=O) groups is 1. The van der Waals surface area contributed by atoms with Crippen LogP contribution in [0.2, 0.25) is 0 Å². The van der Waals surface area contributed by atoms with E-state index < -0.39 is 0 Å². The predicted molar refractivity (Wildman–Crippen MR) is 64.2 cm³/mol. The van der Waals surface area contributed by atoms with E-state index in [1.54, 1.807) is 19.1 Å². The normalized spacial score (nSPS) is 13.9. The number of likely N-dealkylation sites (N-methyl/N-ethyl adjacent to an activating group) is 1. The van der Waals surface area contributed by atoms with Gasteiger partial charge in [-0.2, -0.15) is 0 Å². The molecule has 0 saturated heterocycles. The Labute approximate surface area is 98.6 Å². The van der Waals surface area contributed by atoms with Gasteiger partial charge >= 0.3 is 0 Å². The Morgan fingerprint density at radius 3 is 2.47 bits per heavy atom. The van der Waals surface area contributed by atoms with Gasteiger partial charge in [0.2, 0.25) is 5.91 Å². The third-order valence-corrected chi connectivity index (χ3v) is 2.33. The minimum Gasteiger partial charge on any atom is -0.383 e. The van der Waals surface area contributed by atoms with Crippen LogP contribution in [0.4, 0.5) is 0 Å². The largest absolute Gasteiger partial charge is 0.383 e. The highest BCUT2D eigenvalue weighted by atomic mass is 35.5. The molecule has 0 saturated carbocycles. The third kappa shape index (κ3) is 5.97. The van der Waals surface area contributed by atoms with E-state index in [2.05, 4.69) is 0 Å². The van der Waals surface area contributed by atoms with Crippen molar-refractivity contribution in [3.63, 3.8) is 0 Å². The molecule has 15 heavy (non-hydrogen) atoms. The lowest BCUT2D eigenvalue weighted by atomic mass is 10.1. The lowest BCUT2D eigenvalue weighted by Gasteiger charge is -2.26. The average Bonchev–Trinajstić information content (AvgIpc) is 2.16. The SMILES string of the molecule is CCCC(N)C(=O)N(C)C(C)COC.Cl. The molecule has 0 aromatic carbocycles. The topological polar surface area (TPSA) is 55.6 Å². The lowest BCUT2D eigenvalue weighted by molar-refractivity contribution is -0.134. The van der Waals surface area contributed by atoms with Gasteiger partial charge in [0.05, 0.1) is 18.7 Å². The zero-order valence-corrected chi connectivity index (χ0v) is 10.8. The molecule has 0 aliphatic carbocycles. The molecule has 0 aliphatic rings. The maximum absolute atomic E-state index is 11.7. The minimum absolute atomic E-state index is 0. The van der Waals surface area contributed by atoms with E-state index >= 15 is 0 Å². The number of nitrogens with zero attached hydrogens (tertiary/aromatic N) is 1. The average molecular weight is 239 g/mol. The summed E-state index contributed by atoms with van der Waals surface area (Å²) in [6, 6.07) is -0.292. The van der Waals surface area contributed by atoms with Gasteiger partial charge in [0.25, 0.3) is 0 Å². The van der Waals surface area contributed by atoms with Gasteiger partial charge in [0.1, 0.15) is 0 Å². The van der Waals surface area contributed by atoms with E-state index in [1.165, 1.54) is 0 Å². The van der Waals surface area contributed by atoms with Crippen molar-refractivity contribution in [1.29, 1.82) is 0 Å². The molecule has 92 valence electrons. The Balaban J connectivity index is 0. The molecule has 0 aliphatic heterocycles. The molecule has 2 unspecified atom stereocenters. The first-order chi connectivity index (χ1) is 6.54. The maximum Gasteiger partial charge on any atom is 0.239 e. The number of halogens is 1. The zero-order chi connectivity index (χ0) is 11.1. The van der Waals surface area contributed by atoms with E-state index in [4.69, 9.17) is 10.5 Å². The summed E-state index contributed by atoms with van der Waals surface area (Å²) in [6.07, 6.45) is 1.67. The molecule has 0 rings (SSSR count). The molecular weight excluding hydrogens is 216 g/mol. The summed E-state index contributed by atoms with van der Waals surface area (Å²) in [7, 11) is 3.39. The second-order valence-corrected chi connectivity index (χ2v) is 3.65. The van der Waals surface area contributed by atoms with Crippen LogP contribution in [0.3, 0.4) is 0 Å². The number of amides is 1. The van der Waals surface area contributed by atoms with Crippen LogP contribution in [0, 0.1) is 0 Å². The Kier molecular flexibility index (Phi) is 10.2. The number of rotatable bonds is 6. The molecule has 0 bridgehead atoms. The fourth-order valence-corrected chi connectivity index (χ4v) is 1.27. The summed E-state index contributed by atoms with van der Waals surface area (Å²) in [5.74, 6) is -0.00333. The number of hydrogen-bond donors (Lipinski definition) is 1. The highest BCUT2D eigenvalue weighted by Gasteiger charge is 2.20. The summed E-state index contributed by atoms with van der Waals surface area (Å²) in [6.45, 7) is 4.51. The van der Waals surface area contributed by atoms with Crippen LogP contribution in [0.25, 0.3) is 0 Å². The van der Waals surface area contributed by atoms with Gasteiger partial charge in [-0.25, -0.2) is 0 Å². The van der Waals surface area contributed by atoms with Gasteiger partial charge in [0.15, 0.2) is 0 Å². The van der Waals surface area contributed by atoms with Crippen molar-refractivity contribution in [2.24, 2.45) is 5.73 Å². The Hall–Kier alpha value is -0.320. The first-order valence-electron chi connectivity index (χ1n) is 5.05. The van der Waals surface area contributed by atoms with Gasteiger partial charge in [-0.15, -0.1) is 12.4 Å². The number of methoxy groups -OCH3 is 1. The second-order valence-electron chi connectivity index (χ2n) is 3.65. The smallest absolute Gasteiger partial charge is 0.239 e. The monoisotopic (exact) mass is 238 g/mol. The summed E-state index contributed by atoms with van der Waals surface area (Å²) >= 11 is 0. The molecule has 0 heterocycles. The van der Waals surface area contributed by atoms with Crippen LogP contribution in [0.1, 0.15) is 26.7 Å². The van der Waals surface area contributed by atoms with Gasteiger partial charge in [-0.1, -0.05) is 13.3 Å². The van der Waals surface area contributed by atoms with Gasteiger partial charge in [-0.3, -0.25) is 4.79 Å². The highest BCUT2D eigenvalue weighted by molar-refractivity contribution is 5.85. The fourth-order valence-electron chi connectivity index (χ4n) is 1.27. The Bertz CT molecular complexity index is 179. The van der Waals surface area contributed by atoms with Crippen LogP contribution in [0.15, 0.2) is 0 Å². The second kappa shape index (κ2) is 8.95. The zero-order valence-electron chi connectivity index (χ0n) is 10.0. The van der Waals surface area contributed by atoms with Crippen molar-refractivity contribution in [2.45, 2.75) is 38.8 Å². The molecule has 0 aromatic heterocycles. The van der Waals surface area contributed by atoms with Crippen molar-refractivity contribution in [1.82, 2.24) is 4.90 Å². The van der Waals surface area contributed by atoms with Crippen LogP contribution < -0.4 is 5.73 Å². The molecule has 2 N–H and O–H groups in total. The molecule has 2 atom stereocenters. The van der Waals surface area contributed by atoms with E-state index in [-0.39, 0.29) is 30.4 Å². The standard InChI is InChI=1S/C10H22N2O2.ClH/c1-5-6-9(11)10(13)12(3)8(2)7-14-4;/h8-9H,5-7,11H2,1-4H3;1H. The summed E-state index contributed by atoms with van der Waals surface area (Å²) in [4.78, 5) is 13.4. The van der Waals surface area contributed by atoms with Crippen molar-refractivity contribution >= 4 is 18.3 Å². The van der Waals surface area contributed by atoms with E-state index in [0.29, 0.717) is 6.61 Å². The molecule has 5 heteroatoms. The number of carbonyl (C=O) groups excluding carboxylic acids is 1. The fraction of sp³-hybridized carbons (Fsp3) is 0.900. The Morgan fingerprint density at radius 2 is 2.07 bits per heavy atom. The molecular formula is C10H23ClN2O2. The quantitative estimate of drug-likeness (QED) is 0.752. The van der Waals surface area contributed by atoms with Crippen molar-refractivity contribution in [3.8, 4) is 0 Å². The highest BCUT2D eigenvalue weighted by Crippen LogP contribution is 2.02. The minimum atomic E-state index is -0.371. The third-order valence-electron chi connectivity index (χ3n) is 2.33. The van der Waals surface area contributed by atoms with Crippen molar-refractivity contribution in [2.75, 3.05) is 20.8 Å². The van der Waals surface area contributed by atoms with Crippen LogP contribution in [0.5, 0.6) is 0 Å². The molecule has 0 spiro atoms.